The quantitative estimate of drug-likeness (QED) is 0.644. The van der Waals surface area contributed by atoms with Crippen molar-refractivity contribution in [3.05, 3.63) is 56.8 Å². The van der Waals surface area contributed by atoms with E-state index in [1.807, 2.05) is 22.8 Å². The molecular weight excluding hydrogens is 421 g/mol. The third-order valence-corrected chi connectivity index (χ3v) is 5.31. The maximum atomic E-state index is 12.7. The van der Waals surface area contributed by atoms with Crippen LogP contribution in [0.1, 0.15) is 17.3 Å². The average Bonchev–Trinajstić information content (AvgIpc) is 2.94. The number of methoxy groups -OCH3 is 1. The van der Waals surface area contributed by atoms with E-state index < -0.39 is 5.91 Å². The van der Waals surface area contributed by atoms with Gasteiger partial charge in [-0.25, -0.2) is 0 Å². The van der Waals surface area contributed by atoms with E-state index >= 15 is 0 Å². The van der Waals surface area contributed by atoms with Gasteiger partial charge in [0.15, 0.2) is 4.80 Å². The van der Waals surface area contributed by atoms with Crippen molar-refractivity contribution in [3.63, 3.8) is 0 Å². The number of ether oxygens (including phenoxy) is 1. The summed E-state index contributed by atoms with van der Waals surface area (Å²) in [5.74, 6) is -0.592. The van der Waals surface area contributed by atoms with Crippen molar-refractivity contribution in [1.29, 1.82) is 0 Å². The number of rotatable bonds is 5. The molecule has 28 heavy (non-hydrogen) atoms. The zero-order valence-corrected chi connectivity index (χ0v) is 17.5. The molecule has 3 rings (SSSR count). The van der Waals surface area contributed by atoms with Crippen LogP contribution in [-0.4, -0.2) is 30.1 Å². The molecule has 9 heteroatoms. The lowest BCUT2D eigenvalue weighted by Crippen LogP contribution is -2.19. The molecular formula is C19H17Cl2N3O3S. The molecule has 0 aliphatic carbocycles. The molecule has 0 radical (unpaired) electrons. The highest BCUT2D eigenvalue weighted by Crippen LogP contribution is 2.23. The number of carbonyl (C=O) groups excluding carboxylic acids is 2. The fourth-order valence-corrected chi connectivity index (χ4v) is 4.29. The topological polar surface area (TPSA) is 72.7 Å². The number of benzene rings is 2. The van der Waals surface area contributed by atoms with Gasteiger partial charge >= 0.3 is 0 Å². The average molecular weight is 438 g/mol. The molecule has 6 nitrogen and oxygen atoms in total. The molecule has 2 amide bonds. The third kappa shape index (κ3) is 4.80. The van der Waals surface area contributed by atoms with E-state index in [-0.39, 0.29) is 5.91 Å². The number of anilines is 1. The van der Waals surface area contributed by atoms with Gasteiger partial charge in [0.05, 0.1) is 16.8 Å². The number of fused-ring (bicyclic) bond motifs is 1. The van der Waals surface area contributed by atoms with Gasteiger partial charge in [-0.05, 0) is 36.4 Å². The summed E-state index contributed by atoms with van der Waals surface area (Å²) in [4.78, 5) is 28.8. The lowest BCUT2D eigenvalue weighted by atomic mass is 10.2. The fraction of sp³-hybridized carbons (Fsp3) is 0.211. The van der Waals surface area contributed by atoms with Crippen molar-refractivity contribution in [2.45, 2.75) is 13.5 Å². The molecule has 3 aromatic rings. The maximum Gasteiger partial charge on any atom is 0.279 e. The van der Waals surface area contributed by atoms with E-state index in [1.54, 1.807) is 13.2 Å². The Balaban J connectivity index is 2.10. The Morgan fingerprint density at radius 1 is 1.18 bits per heavy atom. The van der Waals surface area contributed by atoms with Gasteiger partial charge in [0.1, 0.15) is 0 Å². The standard InChI is InChI=1S/C19H17Cl2N3O3S/c1-11(25)22-15-3-4-16-17(10-15)28-19(24(16)5-6-27-2)23-18(26)12-7-13(20)9-14(21)8-12/h3-4,7-10H,5-6H2,1-2H3,(H,22,25). The minimum atomic E-state index is -0.441. The highest BCUT2D eigenvalue weighted by Gasteiger charge is 2.11. The number of thiazole rings is 1. The number of halogens is 2. The summed E-state index contributed by atoms with van der Waals surface area (Å²) in [5.41, 5.74) is 1.89. The first-order valence-corrected chi connectivity index (χ1v) is 9.89. The lowest BCUT2D eigenvalue weighted by Gasteiger charge is -2.05. The van der Waals surface area contributed by atoms with E-state index in [2.05, 4.69) is 10.3 Å². The van der Waals surface area contributed by atoms with Gasteiger partial charge in [-0.2, -0.15) is 4.99 Å². The first kappa shape index (κ1) is 20.5. The van der Waals surface area contributed by atoms with E-state index in [1.165, 1.54) is 30.4 Å². The summed E-state index contributed by atoms with van der Waals surface area (Å²) in [6.07, 6.45) is 0. The van der Waals surface area contributed by atoms with Crippen LogP contribution in [0.3, 0.4) is 0 Å². The molecule has 0 unspecified atom stereocenters. The zero-order valence-electron chi connectivity index (χ0n) is 15.2. The van der Waals surface area contributed by atoms with Gasteiger partial charge in [-0.1, -0.05) is 34.5 Å². The number of nitrogens with zero attached hydrogens (tertiary/aromatic N) is 2. The number of hydrogen-bond acceptors (Lipinski definition) is 4. The molecule has 0 bridgehead atoms. The Hall–Kier alpha value is -2.19. The SMILES string of the molecule is COCCn1c(=NC(=O)c2cc(Cl)cc(Cl)c2)sc2cc(NC(C)=O)ccc21. The van der Waals surface area contributed by atoms with Crippen LogP contribution in [0, 0.1) is 0 Å². The van der Waals surface area contributed by atoms with Gasteiger partial charge < -0.3 is 14.6 Å². The zero-order chi connectivity index (χ0) is 20.3. The van der Waals surface area contributed by atoms with Gasteiger partial charge in [-0.3, -0.25) is 9.59 Å². The van der Waals surface area contributed by atoms with Crippen molar-refractivity contribution in [3.8, 4) is 0 Å². The number of aromatic nitrogens is 1. The summed E-state index contributed by atoms with van der Waals surface area (Å²) in [6.45, 7) is 2.44. The molecule has 0 aliphatic heterocycles. The number of amides is 2. The Morgan fingerprint density at radius 2 is 1.89 bits per heavy atom. The Bertz CT molecular complexity index is 1100. The molecule has 1 N–H and O–H groups in total. The number of hydrogen-bond donors (Lipinski definition) is 1. The number of nitrogens with one attached hydrogen (secondary N) is 1. The summed E-state index contributed by atoms with van der Waals surface area (Å²) >= 11 is 13.3. The second kappa shape index (κ2) is 8.87. The first-order valence-electron chi connectivity index (χ1n) is 8.32. The van der Waals surface area contributed by atoms with Crippen LogP contribution in [0.4, 0.5) is 5.69 Å². The second-order valence-corrected chi connectivity index (χ2v) is 7.85. The number of carbonyl (C=O) groups is 2. The van der Waals surface area contributed by atoms with Gasteiger partial charge in [0.2, 0.25) is 5.91 Å². The van der Waals surface area contributed by atoms with E-state index in [9.17, 15) is 9.59 Å². The largest absolute Gasteiger partial charge is 0.383 e. The molecule has 0 fully saturated rings. The maximum absolute atomic E-state index is 12.7. The lowest BCUT2D eigenvalue weighted by molar-refractivity contribution is -0.114. The van der Waals surface area contributed by atoms with Crippen LogP contribution in [0.5, 0.6) is 0 Å². The highest BCUT2D eigenvalue weighted by atomic mass is 35.5. The first-order chi connectivity index (χ1) is 13.4. The fourth-order valence-electron chi connectivity index (χ4n) is 2.67. The van der Waals surface area contributed by atoms with Crippen LogP contribution in [0.15, 0.2) is 41.4 Å². The Labute approximate surface area is 175 Å². The van der Waals surface area contributed by atoms with Crippen LogP contribution < -0.4 is 10.1 Å². The Morgan fingerprint density at radius 3 is 2.54 bits per heavy atom. The minimum absolute atomic E-state index is 0.152. The molecule has 0 spiro atoms. The van der Waals surface area contributed by atoms with Crippen molar-refractivity contribution in [2.75, 3.05) is 19.0 Å². The van der Waals surface area contributed by atoms with Crippen molar-refractivity contribution in [2.24, 2.45) is 4.99 Å². The van der Waals surface area contributed by atoms with E-state index in [4.69, 9.17) is 27.9 Å². The van der Waals surface area contributed by atoms with E-state index in [0.717, 1.165) is 10.2 Å². The monoisotopic (exact) mass is 437 g/mol. The van der Waals surface area contributed by atoms with Gasteiger partial charge in [0.25, 0.3) is 5.91 Å². The molecule has 146 valence electrons. The van der Waals surface area contributed by atoms with Crippen LogP contribution in [-0.2, 0) is 16.1 Å². The summed E-state index contributed by atoms with van der Waals surface area (Å²) in [7, 11) is 1.61. The summed E-state index contributed by atoms with van der Waals surface area (Å²) < 4.78 is 7.98. The van der Waals surface area contributed by atoms with Gasteiger partial charge in [-0.15, -0.1) is 0 Å². The van der Waals surface area contributed by atoms with Crippen molar-refractivity contribution >= 4 is 62.3 Å². The molecule has 0 aliphatic rings. The van der Waals surface area contributed by atoms with Crippen molar-refractivity contribution in [1.82, 2.24) is 4.57 Å². The predicted molar refractivity (Wildman–Crippen MR) is 112 cm³/mol. The second-order valence-electron chi connectivity index (χ2n) is 5.97. The van der Waals surface area contributed by atoms with E-state index in [0.29, 0.717) is 39.2 Å². The minimum Gasteiger partial charge on any atom is -0.383 e. The molecule has 0 saturated heterocycles. The molecule has 1 heterocycles. The van der Waals surface area contributed by atoms with Crippen LogP contribution >= 0.6 is 34.5 Å². The molecule has 0 atom stereocenters. The molecule has 0 saturated carbocycles. The summed E-state index contributed by atoms with van der Waals surface area (Å²) in [5, 5.41) is 3.49. The smallest absolute Gasteiger partial charge is 0.279 e. The van der Waals surface area contributed by atoms with Crippen molar-refractivity contribution < 1.29 is 14.3 Å². The van der Waals surface area contributed by atoms with Gasteiger partial charge in [0, 0.05) is 41.9 Å². The molecule has 2 aromatic carbocycles. The third-order valence-electron chi connectivity index (χ3n) is 3.83. The normalized spacial score (nSPS) is 11.8. The molecule has 1 aromatic heterocycles. The summed E-state index contributed by atoms with van der Waals surface area (Å²) in [6, 6.07) is 10.2. The Kier molecular flexibility index (Phi) is 6.51. The predicted octanol–water partition coefficient (Wildman–Crippen LogP) is 4.36. The highest BCUT2D eigenvalue weighted by molar-refractivity contribution is 7.16. The van der Waals surface area contributed by atoms with Crippen LogP contribution in [0.2, 0.25) is 10.0 Å². The van der Waals surface area contributed by atoms with Crippen LogP contribution in [0.25, 0.3) is 10.2 Å².